The van der Waals surface area contributed by atoms with Gasteiger partial charge in [0.1, 0.15) is 11.6 Å². The molecular formula is C34H37BrF6N6O6. The van der Waals surface area contributed by atoms with Crippen molar-refractivity contribution in [1.29, 1.82) is 0 Å². The molecule has 12 nitrogen and oxygen atoms in total. The highest BCUT2D eigenvalue weighted by atomic mass is 79.9. The smallest absolute Gasteiger partial charge is 0.411 e. The van der Waals surface area contributed by atoms with Crippen molar-refractivity contribution in [3.63, 3.8) is 0 Å². The third-order valence-corrected chi connectivity index (χ3v) is 8.92. The first-order chi connectivity index (χ1) is 24.6. The Morgan fingerprint density at radius 1 is 0.943 bits per heavy atom. The molecule has 0 saturated heterocycles. The minimum atomic E-state index is -6.36. The first-order valence-electron chi connectivity index (χ1n) is 16.3. The van der Waals surface area contributed by atoms with Crippen LogP contribution in [-0.2, 0) is 31.5 Å². The largest absolute Gasteiger partial charge is 0.477 e. The number of benzene rings is 2. The topological polar surface area (TPSA) is 175 Å². The zero-order chi connectivity index (χ0) is 39.4. The Morgan fingerprint density at radius 3 is 2.11 bits per heavy atom. The number of nitrogens with one attached hydrogen (secondary N) is 4. The maximum absolute atomic E-state index is 14.4. The fraction of sp³-hybridized carbons (Fsp3) is 0.471. The maximum atomic E-state index is 14.4. The lowest BCUT2D eigenvalue weighted by atomic mass is 9.81. The lowest BCUT2D eigenvalue weighted by Gasteiger charge is -2.29. The van der Waals surface area contributed by atoms with Crippen molar-refractivity contribution in [2.75, 3.05) is 11.9 Å². The number of aliphatic carboxylic acids is 1. The molecule has 0 radical (unpaired) electrons. The van der Waals surface area contributed by atoms with Crippen molar-refractivity contribution >= 4 is 45.5 Å². The molecule has 1 atom stereocenters. The number of aromatic amines is 1. The molecule has 1 heterocycles. The molecule has 0 spiro atoms. The van der Waals surface area contributed by atoms with Crippen LogP contribution in [0.25, 0.3) is 11.4 Å². The normalized spacial score (nSPS) is 17.4. The number of aromatic nitrogens is 3. The van der Waals surface area contributed by atoms with Gasteiger partial charge in [-0.1, -0.05) is 28.1 Å². The fourth-order valence-electron chi connectivity index (χ4n) is 5.47. The summed E-state index contributed by atoms with van der Waals surface area (Å²) in [6.45, 7) is 5.70. The van der Waals surface area contributed by atoms with Crippen LogP contribution in [0, 0.1) is 11.8 Å². The minimum absolute atomic E-state index is 0.0498. The molecule has 2 aromatic carbocycles. The van der Waals surface area contributed by atoms with Crippen molar-refractivity contribution < 1.29 is 55.4 Å². The number of halogens is 7. The van der Waals surface area contributed by atoms with Crippen LogP contribution in [0.3, 0.4) is 0 Å². The standard InChI is InChI=1S/C34H37BrF6N6O6/c1-31(2,3)53-30(52)42-17-19-4-8-21(9-5-19)26(48)44-24(16-18-6-12-22(35)13-7-18)27(49)43-23-14-10-20(11-15-23)25-45-28(47-46-25)32(36,37)34(40,41)33(38,39)29(50)51/h6-7,10-15,19,21,24H,4-5,8-9,16-17H2,1-3H3,(H,42,52)(H,43,49)(H,44,48)(H,50,51)(H,45,46,47)/t19?,21?,24-/m0/s1. The van der Waals surface area contributed by atoms with Crippen molar-refractivity contribution in [2.45, 2.75) is 82.3 Å². The second-order valence-electron chi connectivity index (χ2n) is 13.6. The summed E-state index contributed by atoms with van der Waals surface area (Å²) >= 11 is 3.36. The van der Waals surface area contributed by atoms with Gasteiger partial charge in [0.25, 0.3) is 0 Å². The molecule has 288 valence electrons. The predicted octanol–water partition coefficient (Wildman–Crippen LogP) is 6.68. The van der Waals surface area contributed by atoms with Crippen LogP contribution < -0.4 is 16.0 Å². The quantitative estimate of drug-likeness (QED) is 0.119. The van der Waals surface area contributed by atoms with Gasteiger partial charge >= 0.3 is 29.8 Å². The van der Waals surface area contributed by atoms with E-state index < -0.39 is 59.0 Å². The van der Waals surface area contributed by atoms with Gasteiger partial charge in [-0.15, -0.1) is 0 Å². The molecule has 0 bridgehead atoms. The van der Waals surface area contributed by atoms with E-state index in [1.54, 1.807) is 45.0 Å². The van der Waals surface area contributed by atoms with Gasteiger partial charge in [-0.3, -0.25) is 14.7 Å². The first kappa shape index (κ1) is 41.1. The van der Waals surface area contributed by atoms with Gasteiger partial charge in [0.05, 0.1) is 0 Å². The van der Waals surface area contributed by atoms with E-state index in [4.69, 9.17) is 9.84 Å². The molecule has 1 aliphatic carbocycles. The molecule has 3 amide bonds. The van der Waals surface area contributed by atoms with E-state index in [1.165, 1.54) is 29.4 Å². The van der Waals surface area contributed by atoms with Gasteiger partial charge in [0, 0.05) is 34.6 Å². The van der Waals surface area contributed by atoms with E-state index in [9.17, 15) is 45.5 Å². The van der Waals surface area contributed by atoms with Crippen molar-refractivity contribution in [2.24, 2.45) is 11.8 Å². The summed E-state index contributed by atoms with van der Waals surface area (Å²) in [6, 6.07) is 11.1. The number of amides is 3. The fourth-order valence-corrected chi connectivity index (χ4v) is 5.73. The number of carbonyl (C=O) groups is 4. The number of rotatable bonds is 13. The number of alkyl halides is 6. The molecule has 0 unspecified atom stereocenters. The van der Waals surface area contributed by atoms with E-state index in [0.29, 0.717) is 32.2 Å². The van der Waals surface area contributed by atoms with Gasteiger partial charge in [-0.25, -0.2) is 14.6 Å². The zero-order valence-electron chi connectivity index (χ0n) is 28.6. The first-order valence-corrected chi connectivity index (χ1v) is 17.1. The van der Waals surface area contributed by atoms with E-state index in [-0.39, 0.29) is 35.4 Å². The molecule has 53 heavy (non-hydrogen) atoms. The Bertz CT molecular complexity index is 1780. The number of ether oxygens (including phenoxy) is 1. The number of anilines is 1. The Hall–Kier alpha value is -4.68. The van der Waals surface area contributed by atoms with E-state index in [2.05, 4.69) is 42.0 Å². The van der Waals surface area contributed by atoms with Crippen LogP contribution in [0.15, 0.2) is 53.0 Å². The predicted molar refractivity (Wildman–Crippen MR) is 181 cm³/mol. The average Bonchev–Trinajstić information content (AvgIpc) is 3.59. The number of carboxylic acids is 1. The third-order valence-electron chi connectivity index (χ3n) is 8.39. The molecule has 0 aliphatic heterocycles. The highest BCUT2D eigenvalue weighted by Crippen LogP contribution is 2.50. The number of H-pyrrole nitrogens is 1. The highest BCUT2D eigenvalue weighted by molar-refractivity contribution is 9.10. The molecule has 4 rings (SSSR count). The summed E-state index contributed by atoms with van der Waals surface area (Å²) in [5, 5.41) is 21.5. The Labute approximate surface area is 308 Å². The number of carboxylic acid groups (broad SMARTS) is 1. The molecule has 1 fully saturated rings. The second kappa shape index (κ2) is 16.1. The van der Waals surface area contributed by atoms with Crippen LogP contribution >= 0.6 is 15.9 Å². The maximum Gasteiger partial charge on any atom is 0.411 e. The lowest BCUT2D eigenvalue weighted by molar-refractivity contribution is -0.311. The summed E-state index contributed by atoms with van der Waals surface area (Å²) in [6.07, 6.45) is 2.02. The van der Waals surface area contributed by atoms with Crippen molar-refractivity contribution in [3.05, 3.63) is 64.4 Å². The van der Waals surface area contributed by atoms with Crippen LogP contribution in [0.5, 0.6) is 0 Å². The van der Waals surface area contributed by atoms with Crippen LogP contribution in [0.4, 0.5) is 36.8 Å². The number of nitrogens with zero attached hydrogens (tertiary/aromatic N) is 2. The van der Waals surface area contributed by atoms with Crippen molar-refractivity contribution in [1.82, 2.24) is 25.8 Å². The second-order valence-corrected chi connectivity index (χ2v) is 14.5. The Balaban J connectivity index is 1.41. The van der Waals surface area contributed by atoms with Gasteiger partial charge in [-0.05, 0) is 94.3 Å². The Kier molecular flexibility index (Phi) is 12.5. The summed E-state index contributed by atoms with van der Waals surface area (Å²) in [4.78, 5) is 52.7. The molecule has 1 aromatic heterocycles. The number of carbonyl (C=O) groups excluding carboxylic acids is 3. The molecule has 5 N–H and O–H groups in total. The lowest BCUT2D eigenvalue weighted by Crippen LogP contribution is -2.56. The molecule has 19 heteroatoms. The van der Waals surface area contributed by atoms with Gasteiger partial charge in [0.15, 0.2) is 5.82 Å². The monoisotopic (exact) mass is 818 g/mol. The molecule has 3 aromatic rings. The van der Waals surface area contributed by atoms with Gasteiger partial charge in [0.2, 0.25) is 17.6 Å². The number of hydrogen-bond acceptors (Lipinski definition) is 7. The zero-order valence-corrected chi connectivity index (χ0v) is 30.2. The summed E-state index contributed by atoms with van der Waals surface area (Å²) in [7, 11) is 0. The number of hydrogen-bond donors (Lipinski definition) is 5. The third kappa shape index (κ3) is 10.1. The SMILES string of the molecule is CC(C)(C)OC(=O)NCC1CCC(C(=O)N[C@@H](Cc2ccc(Br)cc2)C(=O)Nc2ccc(-c3n[nH]c(C(F)(F)C(F)(F)C(F)(F)C(=O)O)n3)cc2)CC1. The van der Waals surface area contributed by atoms with Gasteiger partial charge in [-0.2, -0.15) is 31.4 Å². The minimum Gasteiger partial charge on any atom is -0.477 e. The van der Waals surface area contributed by atoms with Gasteiger partial charge < -0.3 is 25.8 Å². The van der Waals surface area contributed by atoms with Crippen LogP contribution in [0.2, 0.25) is 0 Å². The number of alkyl carbamates (subject to hydrolysis) is 1. The molecule has 1 aliphatic rings. The van der Waals surface area contributed by atoms with E-state index in [1.807, 2.05) is 0 Å². The Morgan fingerprint density at radius 2 is 1.55 bits per heavy atom. The van der Waals surface area contributed by atoms with E-state index in [0.717, 1.165) is 10.0 Å². The molecular weight excluding hydrogens is 782 g/mol. The highest BCUT2D eigenvalue weighted by Gasteiger charge is 2.77. The van der Waals surface area contributed by atoms with Crippen molar-refractivity contribution in [3.8, 4) is 11.4 Å². The summed E-state index contributed by atoms with van der Waals surface area (Å²) in [5.74, 6) is -25.4. The van der Waals surface area contributed by atoms with E-state index >= 15 is 0 Å². The van der Waals surface area contributed by atoms with Crippen LogP contribution in [-0.4, -0.2) is 74.2 Å². The average molecular weight is 820 g/mol. The molecule has 1 saturated carbocycles. The van der Waals surface area contributed by atoms with Crippen LogP contribution in [0.1, 0.15) is 57.8 Å². The summed E-state index contributed by atoms with van der Waals surface area (Å²) in [5.41, 5.74) is 0.244. The summed E-state index contributed by atoms with van der Waals surface area (Å²) < 4.78 is 89.7.